The molecule has 0 bridgehead atoms. The lowest BCUT2D eigenvalue weighted by Crippen LogP contribution is -1.99. The van der Waals surface area contributed by atoms with Gasteiger partial charge in [-0.3, -0.25) is 0 Å². The van der Waals surface area contributed by atoms with Gasteiger partial charge in [0.05, 0.1) is 25.5 Å². The zero-order valence-corrected chi connectivity index (χ0v) is 12.9. The molecular formula is C16H19NO3S. The molecule has 0 unspecified atom stereocenters. The van der Waals surface area contributed by atoms with Crippen molar-refractivity contribution in [2.24, 2.45) is 0 Å². The van der Waals surface area contributed by atoms with E-state index < -0.39 is 0 Å². The summed E-state index contributed by atoms with van der Waals surface area (Å²) >= 11 is 1.76. The van der Waals surface area contributed by atoms with Crippen LogP contribution in [-0.2, 0) is 12.3 Å². The molecule has 1 aromatic heterocycles. The Bertz CT molecular complexity index is 597. The molecule has 1 aliphatic rings. The minimum Gasteiger partial charge on any atom is -0.490 e. The van der Waals surface area contributed by atoms with E-state index in [1.54, 1.807) is 11.8 Å². The zero-order valence-electron chi connectivity index (χ0n) is 12.1. The van der Waals surface area contributed by atoms with Crippen molar-refractivity contribution in [1.82, 2.24) is 0 Å². The Morgan fingerprint density at radius 3 is 2.71 bits per heavy atom. The molecule has 4 nitrogen and oxygen atoms in total. The number of hydrogen-bond acceptors (Lipinski definition) is 5. The molecule has 0 radical (unpaired) electrons. The van der Waals surface area contributed by atoms with Crippen molar-refractivity contribution in [2.75, 3.05) is 24.8 Å². The van der Waals surface area contributed by atoms with Crippen LogP contribution in [0.5, 0.6) is 11.5 Å². The Morgan fingerprint density at radius 2 is 1.86 bits per heavy atom. The lowest BCUT2D eigenvalue weighted by atomic mass is 10.2. The summed E-state index contributed by atoms with van der Waals surface area (Å²) in [5.74, 6) is 4.48. The van der Waals surface area contributed by atoms with Crippen LogP contribution < -0.4 is 14.8 Å². The summed E-state index contributed by atoms with van der Waals surface area (Å²) in [6.07, 6.45) is 2.99. The smallest absolute Gasteiger partial charge is 0.163 e. The van der Waals surface area contributed by atoms with E-state index in [4.69, 9.17) is 13.9 Å². The molecule has 0 saturated heterocycles. The van der Waals surface area contributed by atoms with Gasteiger partial charge in [-0.2, -0.15) is 11.8 Å². The first-order valence-electron chi connectivity index (χ1n) is 7.05. The van der Waals surface area contributed by atoms with Gasteiger partial charge in [-0.05, 0) is 30.5 Å². The number of rotatable bonds is 5. The number of anilines is 1. The van der Waals surface area contributed by atoms with Crippen molar-refractivity contribution in [3.05, 3.63) is 41.9 Å². The fourth-order valence-electron chi connectivity index (χ4n) is 2.20. The molecule has 5 heteroatoms. The maximum atomic E-state index is 5.74. The van der Waals surface area contributed by atoms with Gasteiger partial charge in [0.1, 0.15) is 11.5 Å². The normalized spacial score (nSPS) is 13.8. The quantitative estimate of drug-likeness (QED) is 0.907. The van der Waals surface area contributed by atoms with E-state index in [2.05, 4.69) is 11.6 Å². The molecule has 0 fully saturated rings. The van der Waals surface area contributed by atoms with Crippen LogP contribution in [0.15, 0.2) is 34.7 Å². The first-order valence-corrected chi connectivity index (χ1v) is 8.44. The highest BCUT2D eigenvalue weighted by molar-refractivity contribution is 7.97. The van der Waals surface area contributed by atoms with Crippen molar-refractivity contribution in [2.45, 2.75) is 18.7 Å². The van der Waals surface area contributed by atoms with Gasteiger partial charge < -0.3 is 19.2 Å². The third-order valence-corrected chi connectivity index (χ3v) is 3.79. The second-order valence-electron chi connectivity index (χ2n) is 4.87. The van der Waals surface area contributed by atoms with E-state index in [9.17, 15) is 0 Å². The topological polar surface area (TPSA) is 43.6 Å². The molecule has 3 rings (SSSR count). The van der Waals surface area contributed by atoms with Gasteiger partial charge in [-0.15, -0.1) is 0 Å². The van der Waals surface area contributed by atoms with Crippen molar-refractivity contribution >= 4 is 17.4 Å². The number of nitrogens with one attached hydrogen (secondary N) is 1. The minimum absolute atomic E-state index is 0.661. The molecule has 0 atom stereocenters. The monoisotopic (exact) mass is 305 g/mol. The van der Waals surface area contributed by atoms with Gasteiger partial charge >= 0.3 is 0 Å². The predicted octanol–water partition coefficient (Wildman–Crippen LogP) is 3.92. The van der Waals surface area contributed by atoms with Gasteiger partial charge in [0.25, 0.3) is 0 Å². The summed E-state index contributed by atoms with van der Waals surface area (Å²) in [5.41, 5.74) is 1.00. The van der Waals surface area contributed by atoms with Gasteiger partial charge in [-0.25, -0.2) is 0 Å². The average Bonchev–Trinajstić information content (AvgIpc) is 2.81. The van der Waals surface area contributed by atoms with Crippen LogP contribution in [0.2, 0.25) is 0 Å². The molecule has 2 aromatic rings. The lowest BCUT2D eigenvalue weighted by molar-refractivity contribution is 0.297. The highest BCUT2D eigenvalue weighted by atomic mass is 32.2. The second kappa shape index (κ2) is 6.80. The molecule has 0 aliphatic carbocycles. The summed E-state index contributed by atoms with van der Waals surface area (Å²) in [6, 6.07) is 9.97. The van der Waals surface area contributed by atoms with Gasteiger partial charge in [0, 0.05) is 18.2 Å². The second-order valence-corrected chi connectivity index (χ2v) is 5.73. The van der Waals surface area contributed by atoms with Crippen LogP contribution >= 0.6 is 11.8 Å². The summed E-state index contributed by atoms with van der Waals surface area (Å²) in [4.78, 5) is 0. The van der Waals surface area contributed by atoms with E-state index in [-0.39, 0.29) is 0 Å². The van der Waals surface area contributed by atoms with Gasteiger partial charge in [0.2, 0.25) is 0 Å². The van der Waals surface area contributed by atoms with Crippen LogP contribution in [0.1, 0.15) is 17.9 Å². The third kappa shape index (κ3) is 3.67. The van der Waals surface area contributed by atoms with E-state index in [0.717, 1.165) is 40.9 Å². The number of hydrogen-bond donors (Lipinski definition) is 1. The standard InChI is InChI=1S/C16H19NO3S/c1-21-11-14-5-4-13(20-14)10-17-12-3-6-15-16(9-12)19-8-2-7-18-15/h3-6,9,17H,2,7-8,10-11H2,1H3. The third-order valence-electron chi connectivity index (χ3n) is 3.22. The molecule has 1 N–H and O–H groups in total. The minimum atomic E-state index is 0.661. The van der Waals surface area contributed by atoms with Crippen LogP contribution in [-0.4, -0.2) is 19.5 Å². The van der Waals surface area contributed by atoms with Crippen LogP contribution in [0, 0.1) is 0 Å². The Hall–Kier alpha value is -1.75. The molecule has 1 aliphatic heterocycles. The fourth-order valence-corrected chi connectivity index (χ4v) is 2.64. The van der Waals surface area contributed by atoms with E-state index in [1.807, 2.05) is 30.3 Å². The zero-order chi connectivity index (χ0) is 14.5. The molecule has 0 spiro atoms. The molecule has 21 heavy (non-hydrogen) atoms. The largest absolute Gasteiger partial charge is 0.490 e. The first-order chi connectivity index (χ1) is 10.3. The molecule has 0 amide bonds. The van der Waals surface area contributed by atoms with Gasteiger partial charge in [-0.1, -0.05) is 0 Å². The van der Waals surface area contributed by atoms with Crippen LogP contribution in [0.3, 0.4) is 0 Å². The number of fused-ring (bicyclic) bond motifs is 1. The van der Waals surface area contributed by atoms with E-state index >= 15 is 0 Å². The molecular weight excluding hydrogens is 286 g/mol. The van der Waals surface area contributed by atoms with Gasteiger partial charge in [0.15, 0.2) is 11.5 Å². The highest BCUT2D eigenvalue weighted by Crippen LogP contribution is 2.32. The predicted molar refractivity (Wildman–Crippen MR) is 85.3 cm³/mol. The Labute approximate surface area is 128 Å². The van der Waals surface area contributed by atoms with E-state index in [0.29, 0.717) is 19.8 Å². The van der Waals surface area contributed by atoms with Crippen molar-refractivity contribution < 1.29 is 13.9 Å². The number of thioether (sulfide) groups is 1. The fraction of sp³-hybridized carbons (Fsp3) is 0.375. The van der Waals surface area contributed by atoms with Crippen LogP contribution in [0.4, 0.5) is 5.69 Å². The maximum Gasteiger partial charge on any atom is 0.163 e. The number of furan rings is 1. The Morgan fingerprint density at radius 1 is 1.05 bits per heavy atom. The molecule has 2 heterocycles. The maximum absolute atomic E-state index is 5.74. The van der Waals surface area contributed by atoms with Crippen molar-refractivity contribution in [3.63, 3.8) is 0 Å². The SMILES string of the molecule is CSCc1ccc(CNc2ccc3c(c2)OCCCO3)o1. The van der Waals surface area contributed by atoms with E-state index in [1.165, 1.54) is 0 Å². The lowest BCUT2D eigenvalue weighted by Gasteiger charge is -2.10. The van der Waals surface area contributed by atoms with Crippen molar-refractivity contribution in [3.8, 4) is 11.5 Å². The Balaban J connectivity index is 1.63. The van der Waals surface area contributed by atoms with Crippen molar-refractivity contribution in [1.29, 1.82) is 0 Å². The highest BCUT2D eigenvalue weighted by Gasteiger charge is 2.10. The Kier molecular flexibility index (Phi) is 4.60. The summed E-state index contributed by atoms with van der Waals surface area (Å²) < 4.78 is 17.0. The summed E-state index contributed by atoms with van der Waals surface area (Å²) in [6.45, 7) is 2.07. The molecule has 0 saturated carbocycles. The number of ether oxygens (including phenoxy) is 2. The van der Waals surface area contributed by atoms with Crippen LogP contribution in [0.25, 0.3) is 0 Å². The molecule has 1 aromatic carbocycles. The molecule has 112 valence electrons. The summed E-state index contributed by atoms with van der Waals surface area (Å²) in [5, 5.41) is 3.35. The number of benzene rings is 1. The summed E-state index contributed by atoms with van der Waals surface area (Å²) in [7, 11) is 0. The first kappa shape index (κ1) is 14.2. The average molecular weight is 305 g/mol.